The Balaban J connectivity index is 1.77. The molecular formula is C14H19N5. The van der Waals surface area contributed by atoms with Crippen LogP contribution < -0.4 is 10.6 Å². The predicted octanol–water partition coefficient (Wildman–Crippen LogP) is 1.71. The minimum atomic E-state index is 0.0364. The highest BCUT2D eigenvalue weighted by atomic mass is 15.2. The molecule has 0 amide bonds. The van der Waals surface area contributed by atoms with Gasteiger partial charge in [-0.05, 0) is 18.6 Å². The lowest BCUT2D eigenvalue weighted by molar-refractivity contribution is 0.559. The van der Waals surface area contributed by atoms with Crippen molar-refractivity contribution < 1.29 is 0 Å². The van der Waals surface area contributed by atoms with Crippen LogP contribution >= 0.6 is 0 Å². The Bertz CT molecular complexity index is 545. The van der Waals surface area contributed by atoms with Crippen molar-refractivity contribution >= 4 is 5.69 Å². The van der Waals surface area contributed by atoms with Gasteiger partial charge in [0.05, 0.1) is 24.1 Å². The van der Waals surface area contributed by atoms with Crippen LogP contribution in [0.1, 0.15) is 30.9 Å². The summed E-state index contributed by atoms with van der Waals surface area (Å²) in [5, 5.41) is 0. The fourth-order valence-electron chi connectivity index (χ4n) is 2.41. The number of pyridine rings is 1. The SMILES string of the molecule is CCC(N)c1ccc(N2CCn3ccnc3C2)cn1. The summed E-state index contributed by atoms with van der Waals surface area (Å²) in [6, 6.07) is 4.18. The Kier molecular flexibility index (Phi) is 3.21. The van der Waals surface area contributed by atoms with E-state index in [2.05, 4.69) is 32.4 Å². The van der Waals surface area contributed by atoms with E-state index in [1.54, 1.807) is 0 Å². The average molecular weight is 257 g/mol. The van der Waals surface area contributed by atoms with E-state index in [0.29, 0.717) is 0 Å². The summed E-state index contributed by atoms with van der Waals surface area (Å²) in [5.41, 5.74) is 8.09. The van der Waals surface area contributed by atoms with E-state index in [1.807, 2.05) is 24.7 Å². The lowest BCUT2D eigenvalue weighted by Crippen LogP contribution is -2.33. The van der Waals surface area contributed by atoms with Crippen molar-refractivity contribution in [3.05, 3.63) is 42.2 Å². The Morgan fingerprint density at radius 1 is 1.32 bits per heavy atom. The molecule has 2 aromatic heterocycles. The minimum absolute atomic E-state index is 0.0364. The molecule has 1 aliphatic heterocycles. The number of hydrogen-bond acceptors (Lipinski definition) is 4. The summed E-state index contributed by atoms with van der Waals surface area (Å²) >= 11 is 0. The van der Waals surface area contributed by atoms with E-state index < -0.39 is 0 Å². The molecule has 0 bridgehead atoms. The summed E-state index contributed by atoms with van der Waals surface area (Å²) in [4.78, 5) is 11.1. The predicted molar refractivity (Wildman–Crippen MR) is 74.7 cm³/mol. The lowest BCUT2D eigenvalue weighted by atomic mass is 10.1. The Morgan fingerprint density at radius 2 is 2.21 bits per heavy atom. The van der Waals surface area contributed by atoms with Gasteiger partial charge in [0, 0.05) is 31.5 Å². The van der Waals surface area contributed by atoms with Crippen LogP contribution in [0.4, 0.5) is 5.69 Å². The first-order valence-corrected chi connectivity index (χ1v) is 6.74. The number of aromatic nitrogens is 3. The smallest absolute Gasteiger partial charge is 0.128 e. The fourth-order valence-corrected chi connectivity index (χ4v) is 2.41. The number of hydrogen-bond donors (Lipinski definition) is 1. The third kappa shape index (κ3) is 2.33. The molecule has 0 saturated heterocycles. The van der Waals surface area contributed by atoms with E-state index in [4.69, 9.17) is 5.73 Å². The number of rotatable bonds is 3. The van der Waals surface area contributed by atoms with Crippen LogP contribution in [0.3, 0.4) is 0 Å². The van der Waals surface area contributed by atoms with Gasteiger partial charge in [-0.1, -0.05) is 6.92 Å². The second-order valence-electron chi connectivity index (χ2n) is 4.91. The maximum Gasteiger partial charge on any atom is 0.128 e. The molecule has 2 aromatic rings. The molecule has 0 spiro atoms. The highest BCUT2D eigenvalue weighted by Crippen LogP contribution is 2.21. The second kappa shape index (κ2) is 5.01. The third-order valence-corrected chi connectivity index (χ3v) is 3.70. The second-order valence-corrected chi connectivity index (χ2v) is 4.91. The molecule has 1 atom stereocenters. The summed E-state index contributed by atoms with van der Waals surface area (Å²) in [6.45, 7) is 4.88. The molecule has 5 heteroatoms. The molecule has 3 rings (SSSR count). The first-order chi connectivity index (χ1) is 9.28. The van der Waals surface area contributed by atoms with Crippen LogP contribution in [0.15, 0.2) is 30.7 Å². The molecule has 0 fully saturated rings. The summed E-state index contributed by atoms with van der Waals surface area (Å²) in [7, 11) is 0. The van der Waals surface area contributed by atoms with Crippen LogP contribution in [0, 0.1) is 0 Å². The van der Waals surface area contributed by atoms with Gasteiger partial charge in [0.25, 0.3) is 0 Å². The largest absolute Gasteiger partial charge is 0.361 e. The molecule has 100 valence electrons. The lowest BCUT2D eigenvalue weighted by Gasteiger charge is -2.29. The van der Waals surface area contributed by atoms with E-state index in [1.165, 1.54) is 0 Å². The van der Waals surface area contributed by atoms with Gasteiger partial charge in [-0.2, -0.15) is 0 Å². The van der Waals surface area contributed by atoms with Gasteiger partial charge < -0.3 is 15.2 Å². The molecule has 19 heavy (non-hydrogen) atoms. The zero-order chi connectivity index (χ0) is 13.2. The van der Waals surface area contributed by atoms with Crippen molar-refractivity contribution in [2.45, 2.75) is 32.5 Å². The first-order valence-electron chi connectivity index (χ1n) is 6.74. The normalized spacial score (nSPS) is 16.2. The molecule has 2 N–H and O–H groups in total. The van der Waals surface area contributed by atoms with E-state index in [0.717, 1.165) is 43.3 Å². The van der Waals surface area contributed by atoms with Crippen LogP contribution in [-0.2, 0) is 13.1 Å². The molecule has 1 unspecified atom stereocenters. The molecule has 1 aliphatic rings. The van der Waals surface area contributed by atoms with Gasteiger partial charge in [0.1, 0.15) is 5.82 Å². The van der Waals surface area contributed by atoms with Gasteiger partial charge >= 0.3 is 0 Å². The van der Waals surface area contributed by atoms with Gasteiger partial charge in [-0.15, -0.1) is 0 Å². The van der Waals surface area contributed by atoms with Crippen molar-refractivity contribution in [3.8, 4) is 0 Å². The van der Waals surface area contributed by atoms with E-state index >= 15 is 0 Å². The average Bonchev–Trinajstić information content (AvgIpc) is 2.94. The maximum absolute atomic E-state index is 5.98. The van der Waals surface area contributed by atoms with E-state index in [-0.39, 0.29) is 6.04 Å². The highest BCUT2D eigenvalue weighted by molar-refractivity contribution is 5.45. The molecule has 5 nitrogen and oxygen atoms in total. The molecule has 3 heterocycles. The number of imidazole rings is 1. The fraction of sp³-hybridized carbons (Fsp3) is 0.429. The van der Waals surface area contributed by atoms with Crippen molar-refractivity contribution in [3.63, 3.8) is 0 Å². The summed E-state index contributed by atoms with van der Waals surface area (Å²) in [5.74, 6) is 1.11. The molecule has 0 aromatic carbocycles. The van der Waals surface area contributed by atoms with Gasteiger partial charge in [0.2, 0.25) is 0 Å². The Labute approximate surface area is 113 Å². The van der Waals surface area contributed by atoms with Crippen molar-refractivity contribution in [1.82, 2.24) is 14.5 Å². The maximum atomic E-state index is 5.98. The van der Waals surface area contributed by atoms with Crippen LogP contribution in [0.5, 0.6) is 0 Å². The van der Waals surface area contributed by atoms with Crippen LogP contribution in [-0.4, -0.2) is 21.1 Å². The molecular weight excluding hydrogens is 238 g/mol. The number of anilines is 1. The Morgan fingerprint density at radius 3 is 2.95 bits per heavy atom. The van der Waals surface area contributed by atoms with Crippen LogP contribution in [0.2, 0.25) is 0 Å². The quantitative estimate of drug-likeness (QED) is 0.909. The van der Waals surface area contributed by atoms with Gasteiger partial charge in [0.15, 0.2) is 0 Å². The molecule has 0 saturated carbocycles. The first kappa shape index (κ1) is 12.2. The van der Waals surface area contributed by atoms with Crippen molar-refractivity contribution in [1.29, 1.82) is 0 Å². The summed E-state index contributed by atoms with van der Waals surface area (Å²) < 4.78 is 2.20. The van der Waals surface area contributed by atoms with Gasteiger partial charge in [-0.3, -0.25) is 4.98 Å². The van der Waals surface area contributed by atoms with E-state index in [9.17, 15) is 0 Å². The number of nitrogens with zero attached hydrogens (tertiary/aromatic N) is 4. The summed E-state index contributed by atoms with van der Waals surface area (Å²) in [6.07, 6.45) is 6.73. The van der Waals surface area contributed by atoms with Crippen molar-refractivity contribution in [2.24, 2.45) is 5.73 Å². The standard InChI is InChI=1S/C14H19N5/c1-2-12(15)13-4-3-11(9-17-13)19-8-7-18-6-5-16-14(18)10-19/h3-6,9,12H,2,7-8,10,15H2,1H3. The topological polar surface area (TPSA) is 60.0 Å². The minimum Gasteiger partial charge on any atom is -0.361 e. The van der Waals surface area contributed by atoms with Crippen molar-refractivity contribution in [2.75, 3.05) is 11.4 Å². The monoisotopic (exact) mass is 257 g/mol. The Hall–Kier alpha value is -1.88. The third-order valence-electron chi connectivity index (χ3n) is 3.70. The zero-order valence-corrected chi connectivity index (χ0v) is 11.2. The molecule has 0 aliphatic carbocycles. The zero-order valence-electron chi connectivity index (χ0n) is 11.2. The van der Waals surface area contributed by atoms with Gasteiger partial charge in [-0.25, -0.2) is 4.98 Å². The highest BCUT2D eigenvalue weighted by Gasteiger charge is 2.17. The van der Waals surface area contributed by atoms with Crippen LogP contribution in [0.25, 0.3) is 0 Å². The number of fused-ring (bicyclic) bond motifs is 1. The molecule has 0 radical (unpaired) electrons. The number of nitrogens with two attached hydrogens (primary N) is 1.